The highest BCUT2D eigenvalue weighted by Crippen LogP contribution is 2.22. The second kappa shape index (κ2) is 3.14. The Kier molecular flexibility index (Phi) is 2.29. The predicted octanol–water partition coefficient (Wildman–Crippen LogP) is 1.43. The van der Waals surface area contributed by atoms with Crippen molar-refractivity contribution in [3.63, 3.8) is 0 Å². The Labute approximate surface area is 87.3 Å². The van der Waals surface area contributed by atoms with Crippen LogP contribution in [0, 0.1) is 0 Å². The molecule has 0 unspecified atom stereocenters. The summed E-state index contributed by atoms with van der Waals surface area (Å²) in [6.45, 7) is 0.481. The molecule has 1 N–H and O–H groups in total. The lowest BCUT2D eigenvalue weighted by atomic mass is 9.80. The lowest BCUT2D eigenvalue weighted by Gasteiger charge is -2.01. The van der Waals surface area contributed by atoms with Gasteiger partial charge in [0.2, 0.25) is 0 Å². The molecular formula is C7H5BBr2O2. The first kappa shape index (κ1) is 8.75. The number of fused-ring (bicyclic) bond motifs is 1. The summed E-state index contributed by atoms with van der Waals surface area (Å²) >= 11 is 6.74. The molecule has 62 valence electrons. The van der Waals surface area contributed by atoms with Crippen LogP contribution in [0.5, 0.6) is 0 Å². The van der Waals surface area contributed by atoms with Crippen LogP contribution in [0.1, 0.15) is 5.56 Å². The molecule has 0 spiro atoms. The second-order valence-electron chi connectivity index (χ2n) is 2.62. The van der Waals surface area contributed by atoms with Crippen molar-refractivity contribution in [1.29, 1.82) is 0 Å². The smallest absolute Gasteiger partial charge is 0.423 e. The fraction of sp³-hybridized carbons (Fsp3) is 0.143. The van der Waals surface area contributed by atoms with E-state index in [1.807, 2.05) is 12.1 Å². The molecule has 1 aromatic carbocycles. The van der Waals surface area contributed by atoms with E-state index in [2.05, 4.69) is 31.9 Å². The quantitative estimate of drug-likeness (QED) is 0.733. The van der Waals surface area contributed by atoms with Gasteiger partial charge < -0.3 is 9.68 Å². The highest BCUT2D eigenvalue weighted by molar-refractivity contribution is 9.11. The molecule has 0 saturated heterocycles. The zero-order chi connectivity index (χ0) is 8.72. The van der Waals surface area contributed by atoms with Gasteiger partial charge in [-0.3, -0.25) is 0 Å². The van der Waals surface area contributed by atoms with E-state index in [0.29, 0.717) is 6.61 Å². The SMILES string of the molecule is OB1OCc2cc(Br)cc(Br)c21. The van der Waals surface area contributed by atoms with E-state index in [1.54, 1.807) is 0 Å². The van der Waals surface area contributed by atoms with Crippen molar-refractivity contribution < 1.29 is 9.68 Å². The number of halogens is 2. The van der Waals surface area contributed by atoms with Crippen molar-refractivity contribution >= 4 is 44.4 Å². The van der Waals surface area contributed by atoms with E-state index >= 15 is 0 Å². The van der Waals surface area contributed by atoms with Crippen LogP contribution >= 0.6 is 31.9 Å². The number of hydrogen-bond donors (Lipinski definition) is 1. The van der Waals surface area contributed by atoms with Crippen LogP contribution in [0.2, 0.25) is 0 Å². The standard InChI is InChI=1S/C7H5BBr2O2/c9-5-1-4-3-12-8(11)7(4)6(10)2-5/h1-2,11H,3H2. The first-order valence-electron chi connectivity index (χ1n) is 3.46. The maximum absolute atomic E-state index is 9.39. The van der Waals surface area contributed by atoms with E-state index < -0.39 is 7.12 Å². The van der Waals surface area contributed by atoms with E-state index in [9.17, 15) is 5.02 Å². The summed E-state index contributed by atoms with van der Waals surface area (Å²) in [5, 5.41) is 9.39. The van der Waals surface area contributed by atoms with Gasteiger partial charge in [-0.1, -0.05) is 31.9 Å². The minimum atomic E-state index is -0.775. The third-order valence-electron chi connectivity index (χ3n) is 1.82. The maximum Gasteiger partial charge on any atom is 0.492 e. The molecule has 0 fully saturated rings. The van der Waals surface area contributed by atoms with Crippen LogP contribution in [0.4, 0.5) is 0 Å². The van der Waals surface area contributed by atoms with Gasteiger partial charge in [0, 0.05) is 14.4 Å². The Morgan fingerprint density at radius 3 is 2.92 bits per heavy atom. The van der Waals surface area contributed by atoms with E-state index in [-0.39, 0.29) is 0 Å². The Bertz CT molecular complexity index is 329. The van der Waals surface area contributed by atoms with Gasteiger partial charge in [-0.2, -0.15) is 0 Å². The topological polar surface area (TPSA) is 29.5 Å². The van der Waals surface area contributed by atoms with Gasteiger partial charge in [-0.05, 0) is 17.7 Å². The molecule has 2 rings (SSSR count). The summed E-state index contributed by atoms with van der Waals surface area (Å²) in [6, 6.07) is 3.85. The summed E-state index contributed by atoms with van der Waals surface area (Å²) in [5.41, 5.74) is 1.88. The molecule has 12 heavy (non-hydrogen) atoms. The third-order valence-corrected chi connectivity index (χ3v) is 2.94. The molecule has 1 aliphatic rings. The number of benzene rings is 1. The molecule has 0 saturated carbocycles. The molecular weight excluding hydrogens is 287 g/mol. The molecule has 5 heteroatoms. The summed E-state index contributed by atoms with van der Waals surface area (Å²) in [7, 11) is -0.775. The summed E-state index contributed by atoms with van der Waals surface area (Å²) in [5.74, 6) is 0. The van der Waals surface area contributed by atoms with Gasteiger partial charge in [0.1, 0.15) is 0 Å². The first-order chi connectivity index (χ1) is 5.68. The minimum Gasteiger partial charge on any atom is -0.423 e. The zero-order valence-electron chi connectivity index (χ0n) is 6.05. The molecule has 1 heterocycles. The largest absolute Gasteiger partial charge is 0.492 e. The van der Waals surface area contributed by atoms with Gasteiger partial charge >= 0.3 is 7.12 Å². The van der Waals surface area contributed by atoms with Crippen molar-refractivity contribution in [1.82, 2.24) is 0 Å². The molecule has 0 radical (unpaired) electrons. The average molecular weight is 292 g/mol. The van der Waals surface area contributed by atoms with Crippen LogP contribution in [-0.4, -0.2) is 12.1 Å². The molecule has 0 aliphatic carbocycles. The van der Waals surface area contributed by atoms with Crippen LogP contribution < -0.4 is 5.46 Å². The van der Waals surface area contributed by atoms with E-state index in [0.717, 1.165) is 20.0 Å². The second-order valence-corrected chi connectivity index (χ2v) is 4.39. The highest BCUT2D eigenvalue weighted by atomic mass is 79.9. The molecule has 0 amide bonds. The Balaban J connectivity index is 2.60. The number of hydrogen-bond acceptors (Lipinski definition) is 2. The van der Waals surface area contributed by atoms with Gasteiger partial charge in [-0.15, -0.1) is 0 Å². The molecule has 0 atom stereocenters. The molecule has 0 bridgehead atoms. The third kappa shape index (κ3) is 1.35. The van der Waals surface area contributed by atoms with Crippen molar-refractivity contribution in [3.8, 4) is 0 Å². The molecule has 0 aromatic heterocycles. The Hall–Kier alpha value is 0.165. The summed E-state index contributed by atoms with van der Waals surface area (Å²) in [4.78, 5) is 0. The first-order valence-corrected chi connectivity index (χ1v) is 5.04. The van der Waals surface area contributed by atoms with Crippen LogP contribution in [0.3, 0.4) is 0 Å². The summed E-state index contributed by atoms with van der Waals surface area (Å²) < 4.78 is 6.94. The number of rotatable bonds is 0. The van der Waals surface area contributed by atoms with Crippen LogP contribution in [0.15, 0.2) is 21.1 Å². The van der Waals surface area contributed by atoms with Crippen LogP contribution in [0.25, 0.3) is 0 Å². The summed E-state index contributed by atoms with van der Waals surface area (Å²) in [6.07, 6.45) is 0. The lowest BCUT2D eigenvalue weighted by molar-refractivity contribution is 0.275. The van der Waals surface area contributed by atoms with Crippen molar-refractivity contribution in [2.24, 2.45) is 0 Å². The average Bonchev–Trinajstić information content (AvgIpc) is 2.31. The lowest BCUT2D eigenvalue weighted by Crippen LogP contribution is -2.29. The van der Waals surface area contributed by atoms with Gasteiger partial charge in [0.25, 0.3) is 0 Å². The minimum absolute atomic E-state index is 0.481. The van der Waals surface area contributed by atoms with Gasteiger partial charge in [0.15, 0.2) is 0 Å². The normalized spacial score (nSPS) is 15.1. The van der Waals surface area contributed by atoms with Gasteiger partial charge in [-0.25, -0.2) is 0 Å². The fourth-order valence-electron chi connectivity index (χ4n) is 1.29. The Morgan fingerprint density at radius 2 is 2.17 bits per heavy atom. The predicted molar refractivity (Wildman–Crippen MR) is 54.2 cm³/mol. The maximum atomic E-state index is 9.39. The van der Waals surface area contributed by atoms with E-state index in [4.69, 9.17) is 4.65 Å². The molecule has 2 nitrogen and oxygen atoms in total. The van der Waals surface area contributed by atoms with Crippen LogP contribution in [-0.2, 0) is 11.3 Å². The highest BCUT2D eigenvalue weighted by Gasteiger charge is 2.29. The Morgan fingerprint density at radius 1 is 1.42 bits per heavy atom. The van der Waals surface area contributed by atoms with Crippen molar-refractivity contribution in [3.05, 3.63) is 26.6 Å². The van der Waals surface area contributed by atoms with Crippen molar-refractivity contribution in [2.45, 2.75) is 6.61 Å². The fourth-order valence-corrected chi connectivity index (χ4v) is 2.80. The zero-order valence-corrected chi connectivity index (χ0v) is 9.22. The van der Waals surface area contributed by atoms with Gasteiger partial charge in [0.05, 0.1) is 6.61 Å². The van der Waals surface area contributed by atoms with Crippen molar-refractivity contribution in [2.75, 3.05) is 0 Å². The molecule has 1 aliphatic heterocycles. The monoisotopic (exact) mass is 290 g/mol. The molecule has 1 aromatic rings. The van der Waals surface area contributed by atoms with E-state index in [1.165, 1.54) is 0 Å².